The average molecular weight is 489 g/mol. The molecule has 2 aromatic rings. The Morgan fingerprint density at radius 1 is 0.971 bits per heavy atom. The molecule has 190 valence electrons. The van der Waals surface area contributed by atoms with Gasteiger partial charge in [-0.05, 0) is 91.0 Å². The number of thiol groups is 1. The zero-order chi connectivity index (χ0) is 26.8. The largest absolute Gasteiger partial charge is 0.163 e. The Hall–Kier alpha value is -2.25. The minimum atomic E-state index is -0.337. The molecule has 1 aliphatic rings. The molecule has 2 aromatic carbocycles. The van der Waals surface area contributed by atoms with E-state index in [2.05, 4.69) is 110 Å². The molecule has 2 atom stereocenters. The van der Waals surface area contributed by atoms with Crippen LogP contribution in [0.25, 0.3) is 16.7 Å². The van der Waals surface area contributed by atoms with E-state index in [9.17, 15) is 0 Å². The molecule has 0 saturated heterocycles. The van der Waals surface area contributed by atoms with Crippen LogP contribution in [0.1, 0.15) is 120 Å². The second-order valence-corrected chi connectivity index (χ2v) is 10.5. The molecule has 0 saturated carbocycles. The molecule has 1 aliphatic carbocycles. The summed E-state index contributed by atoms with van der Waals surface area (Å²) in [5.74, 6) is 0.527. The lowest BCUT2D eigenvalue weighted by molar-refractivity contribution is 0.712. The molecule has 0 spiro atoms. The molecule has 3 rings (SSSR count). The van der Waals surface area contributed by atoms with Gasteiger partial charge in [-0.25, -0.2) is 0 Å². The van der Waals surface area contributed by atoms with Gasteiger partial charge in [-0.3, -0.25) is 0 Å². The Balaban J connectivity index is 0.000000669. The third-order valence-electron chi connectivity index (χ3n) is 6.39. The van der Waals surface area contributed by atoms with Crippen LogP contribution in [0.5, 0.6) is 0 Å². The van der Waals surface area contributed by atoms with Gasteiger partial charge in [0.1, 0.15) is 0 Å². The van der Waals surface area contributed by atoms with Crippen LogP contribution in [0.4, 0.5) is 0 Å². The van der Waals surface area contributed by atoms with Crippen molar-refractivity contribution < 1.29 is 0 Å². The monoisotopic (exact) mass is 488 g/mol. The van der Waals surface area contributed by atoms with Gasteiger partial charge < -0.3 is 0 Å². The Bertz CT molecular complexity index is 1050. The molecular formula is C34H48S. The Morgan fingerprint density at radius 3 is 1.97 bits per heavy atom. The van der Waals surface area contributed by atoms with Crippen molar-refractivity contribution in [1.29, 1.82) is 0 Å². The second kappa shape index (κ2) is 14.3. The predicted octanol–water partition coefficient (Wildman–Crippen LogP) is 11.2. The van der Waals surface area contributed by atoms with Gasteiger partial charge in [0, 0.05) is 0 Å². The van der Waals surface area contributed by atoms with Crippen LogP contribution in [0, 0.1) is 0 Å². The number of rotatable bonds is 6. The highest BCUT2D eigenvalue weighted by Gasteiger charge is 2.31. The standard InChI is InChI=1S/C26H30S.C5H10.C3H8/c1-8-26(27,20-9-11-22(16(2)3)24(14-20)17(4)5)21-10-12-23-18(6)13-19(7)25(23)15-21;1-3-5-4-2;1-3-2/h9-12,14-15,19,27H,2,4,6,8,13H2,1,3,5,7H3;3,5H,4H2,1-2H3;3H2,1-2H3. The van der Waals surface area contributed by atoms with Crippen LogP contribution < -0.4 is 0 Å². The number of hydrogen-bond acceptors (Lipinski definition) is 1. The molecule has 0 amide bonds. The van der Waals surface area contributed by atoms with Gasteiger partial charge >= 0.3 is 0 Å². The maximum absolute atomic E-state index is 5.22. The van der Waals surface area contributed by atoms with E-state index in [1.807, 2.05) is 13.8 Å². The van der Waals surface area contributed by atoms with E-state index in [1.165, 1.54) is 34.2 Å². The van der Waals surface area contributed by atoms with Crippen LogP contribution in [0.15, 0.2) is 68.3 Å². The van der Waals surface area contributed by atoms with Crippen molar-refractivity contribution in [3.63, 3.8) is 0 Å². The Kier molecular flexibility index (Phi) is 12.6. The molecular weight excluding hydrogens is 440 g/mol. The summed E-state index contributed by atoms with van der Waals surface area (Å²) < 4.78 is -0.337. The number of hydrogen-bond donors (Lipinski definition) is 1. The van der Waals surface area contributed by atoms with Gasteiger partial charge in [0.05, 0.1) is 4.75 Å². The fourth-order valence-electron chi connectivity index (χ4n) is 4.48. The van der Waals surface area contributed by atoms with E-state index < -0.39 is 0 Å². The molecule has 35 heavy (non-hydrogen) atoms. The van der Waals surface area contributed by atoms with E-state index in [0.29, 0.717) is 5.92 Å². The summed E-state index contributed by atoms with van der Waals surface area (Å²) in [5, 5.41) is 0. The minimum Gasteiger partial charge on any atom is -0.163 e. The average Bonchev–Trinajstić information content (AvgIpc) is 3.12. The number of allylic oxidation sites excluding steroid dienone is 5. The van der Waals surface area contributed by atoms with Crippen LogP contribution in [0.2, 0.25) is 0 Å². The van der Waals surface area contributed by atoms with Crippen molar-refractivity contribution in [3.05, 3.63) is 102 Å². The topological polar surface area (TPSA) is 0 Å². The van der Waals surface area contributed by atoms with Crippen molar-refractivity contribution in [2.45, 2.75) is 91.7 Å². The molecule has 0 bridgehead atoms. The first-order valence-electron chi connectivity index (χ1n) is 13.1. The van der Waals surface area contributed by atoms with Crippen LogP contribution >= 0.6 is 12.6 Å². The third kappa shape index (κ3) is 7.61. The normalized spacial score (nSPS) is 15.9. The summed E-state index contributed by atoms with van der Waals surface area (Å²) in [5.41, 5.74) is 10.9. The van der Waals surface area contributed by atoms with Gasteiger partial charge in [-0.1, -0.05) is 114 Å². The quantitative estimate of drug-likeness (QED) is 0.303. The molecule has 1 heteroatoms. The highest BCUT2D eigenvalue weighted by molar-refractivity contribution is 7.81. The van der Waals surface area contributed by atoms with Crippen molar-refractivity contribution in [2.75, 3.05) is 0 Å². The molecule has 0 radical (unpaired) electrons. The van der Waals surface area contributed by atoms with E-state index >= 15 is 0 Å². The van der Waals surface area contributed by atoms with Crippen molar-refractivity contribution in [3.8, 4) is 0 Å². The number of fused-ring (bicyclic) bond motifs is 1. The molecule has 0 nitrogen and oxygen atoms in total. The summed E-state index contributed by atoms with van der Waals surface area (Å²) in [6, 6.07) is 13.4. The predicted molar refractivity (Wildman–Crippen MR) is 165 cm³/mol. The molecule has 0 aromatic heterocycles. The fraction of sp³-hybridized carbons (Fsp3) is 0.412. The Morgan fingerprint density at radius 2 is 1.51 bits per heavy atom. The second-order valence-electron chi connectivity index (χ2n) is 9.73. The van der Waals surface area contributed by atoms with E-state index in [0.717, 1.165) is 41.5 Å². The zero-order valence-electron chi connectivity index (χ0n) is 23.6. The van der Waals surface area contributed by atoms with Gasteiger partial charge in [0.2, 0.25) is 0 Å². The molecule has 0 fully saturated rings. The molecule has 0 N–H and O–H groups in total. The van der Waals surface area contributed by atoms with Gasteiger partial charge in [0.25, 0.3) is 0 Å². The molecule has 2 unspecified atom stereocenters. The summed E-state index contributed by atoms with van der Waals surface area (Å²) in [6.45, 7) is 29.5. The summed E-state index contributed by atoms with van der Waals surface area (Å²) in [6.07, 6.45) is 8.56. The third-order valence-corrected chi connectivity index (χ3v) is 7.23. The zero-order valence-corrected chi connectivity index (χ0v) is 24.5. The SMILES string of the molecule is C=C(C)c1ccc(C(S)(CC)c2ccc3c(c2)C(C)CC3=C)cc1C(=C)C.CC=CCC.CCC. The maximum atomic E-state index is 5.22. The van der Waals surface area contributed by atoms with E-state index in [1.54, 1.807) is 0 Å². The smallest absolute Gasteiger partial charge is 0.0624 e. The maximum Gasteiger partial charge on any atom is 0.0624 e. The number of benzene rings is 2. The summed E-state index contributed by atoms with van der Waals surface area (Å²) in [4.78, 5) is 0. The van der Waals surface area contributed by atoms with Crippen LogP contribution in [-0.2, 0) is 4.75 Å². The van der Waals surface area contributed by atoms with Crippen molar-refractivity contribution in [2.24, 2.45) is 0 Å². The first kappa shape index (κ1) is 30.8. The van der Waals surface area contributed by atoms with Gasteiger partial charge in [-0.2, -0.15) is 12.6 Å². The highest BCUT2D eigenvalue weighted by Crippen LogP contribution is 2.46. The van der Waals surface area contributed by atoms with Gasteiger partial charge in [-0.15, -0.1) is 0 Å². The lowest BCUT2D eigenvalue weighted by Gasteiger charge is -2.30. The first-order chi connectivity index (χ1) is 16.5. The van der Waals surface area contributed by atoms with E-state index in [4.69, 9.17) is 12.6 Å². The lowest BCUT2D eigenvalue weighted by Crippen LogP contribution is -2.20. The minimum absolute atomic E-state index is 0.337. The van der Waals surface area contributed by atoms with Crippen LogP contribution in [-0.4, -0.2) is 0 Å². The molecule has 0 aliphatic heterocycles. The van der Waals surface area contributed by atoms with Crippen molar-refractivity contribution >= 4 is 29.3 Å². The lowest BCUT2D eigenvalue weighted by atomic mass is 9.83. The first-order valence-corrected chi connectivity index (χ1v) is 13.6. The highest BCUT2D eigenvalue weighted by atomic mass is 32.1. The Labute approximate surface area is 222 Å². The fourth-order valence-corrected chi connectivity index (χ4v) is 4.75. The van der Waals surface area contributed by atoms with Gasteiger partial charge in [0.15, 0.2) is 0 Å². The summed E-state index contributed by atoms with van der Waals surface area (Å²) in [7, 11) is 0. The van der Waals surface area contributed by atoms with Crippen molar-refractivity contribution in [1.82, 2.24) is 0 Å². The molecule has 0 heterocycles. The summed E-state index contributed by atoms with van der Waals surface area (Å²) >= 11 is 5.22. The van der Waals surface area contributed by atoms with Crippen LogP contribution in [0.3, 0.4) is 0 Å². The van der Waals surface area contributed by atoms with E-state index in [-0.39, 0.29) is 4.75 Å².